The van der Waals surface area contributed by atoms with Crippen LogP contribution in [0.3, 0.4) is 0 Å². The molecule has 0 radical (unpaired) electrons. The Balaban J connectivity index is 0.993. The number of benzene rings is 8. The van der Waals surface area contributed by atoms with Crippen molar-refractivity contribution in [1.29, 1.82) is 0 Å². The molecule has 1 aliphatic carbocycles. The normalized spacial score (nSPS) is 14.0. The van der Waals surface area contributed by atoms with Gasteiger partial charge in [0.2, 0.25) is 0 Å². The Morgan fingerprint density at radius 2 is 1.23 bits per heavy atom. The van der Waals surface area contributed by atoms with E-state index in [9.17, 15) is 0 Å². The third-order valence-corrected chi connectivity index (χ3v) is 12.5. The molecule has 1 nitrogen and oxygen atoms in total. The lowest BCUT2D eigenvalue weighted by Crippen LogP contribution is -2.06. The lowest BCUT2D eigenvalue weighted by molar-refractivity contribution is 0.625. The second kappa shape index (κ2) is 13.2. The molecule has 53 heavy (non-hydrogen) atoms. The van der Waals surface area contributed by atoms with Gasteiger partial charge in [0.05, 0.1) is 0 Å². The summed E-state index contributed by atoms with van der Waals surface area (Å²) in [7, 11) is 0. The second-order valence-corrected chi connectivity index (χ2v) is 15.8. The van der Waals surface area contributed by atoms with E-state index in [2.05, 4.69) is 158 Å². The predicted molar refractivity (Wildman–Crippen MR) is 227 cm³/mol. The number of hydrogen-bond donors (Lipinski definition) is 0. The molecular formula is C52H47N. The van der Waals surface area contributed by atoms with Gasteiger partial charge in [-0.15, -0.1) is 0 Å². The van der Waals surface area contributed by atoms with Crippen LogP contribution in [-0.4, -0.2) is 4.57 Å². The zero-order chi connectivity index (χ0) is 35.5. The highest BCUT2D eigenvalue weighted by molar-refractivity contribution is 6.23. The number of fused-ring (bicyclic) bond motifs is 3. The van der Waals surface area contributed by atoms with Crippen LogP contribution >= 0.6 is 0 Å². The lowest BCUT2D eigenvalue weighted by Gasteiger charge is -2.22. The summed E-state index contributed by atoms with van der Waals surface area (Å²) in [5.74, 6) is 1.19. The van der Waals surface area contributed by atoms with E-state index in [1.165, 1.54) is 94.8 Å². The molecule has 1 saturated carbocycles. The zero-order valence-electron chi connectivity index (χ0n) is 31.0. The van der Waals surface area contributed by atoms with Gasteiger partial charge >= 0.3 is 0 Å². The van der Waals surface area contributed by atoms with Gasteiger partial charge in [-0.2, -0.15) is 0 Å². The molecule has 1 heterocycles. The number of aromatic nitrogens is 1. The maximum Gasteiger partial charge on any atom is 0.0491 e. The summed E-state index contributed by atoms with van der Waals surface area (Å²) in [5, 5.41) is 11.0. The molecule has 260 valence electrons. The summed E-state index contributed by atoms with van der Waals surface area (Å²) in [6.07, 6.45) is 8.09. The fraction of sp³-hybridized carbons (Fsp3) is 0.231. The van der Waals surface area contributed by atoms with Gasteiger partial charge in [-0.05, 0) is 166 Å². The molecule has 0 bridgehead atoms. The highest BCUT2D eigenvalue weighted by atomic mass is 15.0. The maximum atomic E-state index is 2.52. The second-order valence-electron chi connectivity index (χ2n) is 15.8. The van der Waals surface area contributed by atoms with Crippen molar-refractivity contribution >= 4 is 54.1 Å². The minimum absolute atomic E-state index is 0.406. The maximum absolute atomic E-state index is 2.52. The van der Waals surface area contributed by atoms with Crippen LogP contribution in [-0.2, 0) is 32.2 Å². The molecule has 0 amide bonds. The topological polar surface area (TPSA) is 4.93 Å². The molecule has 1 aromatic heterocycles. The van der Waals surface area contributed by atoms with Crippen molar-refractivity contribution in [1.82, 2.24) is 4.57 Å². The highest BCUT2D eigenvalue weighted by Gasteiger charge is 2.27. The van der Waals surface area contributed by atoms with E-state index < -0.39 is 0 Å². The van der Waals surface area contributed by atoms with Crippen LogP contribution in [0.1, 0.15) is 77.0 Å². The van der Waals surface area contributed by atoms with Gasteiger partial charge in [0.1, 0.15) is 0 Å². The van der Waals surface area contributed by atoms with E-state index >= 15 is 0 Å². The van der Waals surface area contributed by atoms with E-state index in [1.54, 1.807) is 11.1 Å². The Hall–Kier alpha value is -5.40. The molecule has 0 N–H and O–H groups in total. The van der Waals surface area contributed by atoms with Gasteiger partial charge in [0, 0.05) is 28.4 Å². The van der Waals surface area contributed by atoms with Crippen LogP contribution in [0, 0.1) is 6.92 Å². The molecule has 1 fully saturated rings. The van der Waals surface area contributed by atoms with Crippen LogP contribution in [0.2, 0.25) is 0 Å². The van der Waals surface area contributed by atoms with Crippen LogP contribution in [0.4, 0.5) is 0 Å². The number of aryl methyl sites for hydroxylation is 5. The van der Waals surface area contributed by atoms with Gasteiger partial charge < -0.3 is 4.57 Å². The SMILES string of the molecule is CCn1c2ccc(CCc3cccc(C)c3C3CC3)cc2c2cc(CCC(Cc3ccccc3)c3ccc4ccc5cccc6ccc3c4c56)ccc21. The molecule has 0 saturated heterocycles. The van der Waals surface area contributed by atoms with Crippen LogP contribution in [0.25, 0.3) is 54.1 Å². The average molecular weight is 686 g/mol. The Morgan fingerprint density at radius 1 is 0.566 bits per heavy atom. The summed E-state index contributed by atoms with van der Waals surface area (Å²) in [6, 6.07) is 53.5. The molecule has 0 spiro atoms. The summed E-state index contributed by atoms with van der Waals surface area (Å²) in [6.45, 7) is 5.55. The van der Waals surface area contributed by atoms with Crippen molar-refractivity contribution in [3.8, 4) is 0 Å². The van der Waals surface area contributed by atoms with Crippen molar-refractivity contribution in [2.45, 2.75) is 77.2 Å². The smallest absolute Gasteiger partial charge is 0.0491 e. The van der Waals surface area contributed by atoms with E-state index in [-0.39, 0.29) is 0 Å². The lowest BCUT2D eigenvalue weighted by atomic mass is 9.82. The largest absolute Gasteiger partial charge is 0.341 e. The van der Waals surface area contributed by atoms with Gasteiger partial charge in [-0.3, -0.25) is 0 Å². The first-order valence-electron chi connectivity index (χ1n) is 20.0. The standard InChI is InChI=1S/C52H47N/c1-3-53-48-29-17-36(15-19-38-12-7-9-34(2)50(38)41-22-23-41)32-46(48)47-33-37(18-30-49(47)53)16-20-43(31-35-10-5-4-6-11-35)44-27-25-42-24-21-39-13-8-14-40-26-28-45(44)52(42)51(39)40/h4-14,17-18,21,24-30,32-33,41,43H,3,15-16,19-20,22-23,31H2,1-2H3. The van der Waals surface area contributed by atoms with Crippen LogP contribution in [0.15, 0.2) is 140 Å². The predicted octanol–water partition coefficient (Wildman–Crippen LogP) is 13.6. The minimum atomic E-state index is 0.406. The molecule has 8 aromatic carbocycles. The fourth-order valence-electron chi connectivity index (χ4n) is 9.77. The van der Waals surface area contributed by atoms with E-state index in [0.717, 1.165) is 44.6 Å². The van der Waals surface area contributed by atoms with Gasteiger partial charge in [-0.1, -0.05) is 115 Å². The van der Waals surface area contributed by atoms with Crippen LogP contribution < -0.4 is 0 Å². The van der Waals surface area contributed by atoms with Crippen molar-refractivity contribution in [2.24, 2.45) is 0 Å². The van der Waals surface area contributed by atoms with Gasteiger partial charge in [0.25, 0.3) is 0 Å². The monoisotopic (exact) mass is 685 g/mol. The first-order chi connectivity index (χ1) is 26.1. The first kappa shape index (κ1) is 32.3. The van der Waals surface area contributed by atoms with E-state index in [4.69, 9.17) is 0 Å². The summed E-state index contributed by atoms with van der Waals surface area (Å²) in [5.41, 5.74) is 13.1. The third kappa shape index (κ3) is 5.78. The first-order valence-corrected chi connectivity index (χ1v) is 20.0. The molecule has 1 atom stereocenters. The zero-order valence-corrected chi connectivity index (χ0v) is 31.0. The summed E-state index contributed by atoms with van der Waals surface area (Å²) in [4.78, 5) is 0. The average Bonchev–Trinajstić information content (AvgIpc) is 3.99. The molecular weight excluding hydrogens is 639 g/mol. The Morgan fingerprint density at radius 3 is 1.94 bits per heavy atom. The third-order valence-electron chi connectivity index (χ3n) is 12.5. The van der Waals surface area contributed by atoms with Crippen molar-refractivity contribution in [2.75, 3.05) is 0 Å². The molecule has 9 aromatic rings. The van der Waals surface area contributed by atoms with Gasteiger partial charge in [-0.25, -0.2) is 0 Å². The molecule has 1 unspecified atom stereocenters. The Labute approximate surface area is 313 Å². The highest BCUT2D eigenvalue weighted by Crippen LogP contribution is 2.44. The van der Waals surface area contributed by atoms with Crippen molar-refractivity contribution in [3.63, 3.8) is 0 Å². The van der Waals surface area contributed by atoms with Crippen molar-refractivity contribution < 1.29 is 0 Å². The number of hydrogen-bond acceptors (Lipinski definition) is 0. The molecule has 1 aliphatic rings. The van der Waals surface area contributed by atoms with Crippen LogP contribution in [0.5, 0.6) is 0 Å². The number of rotatable bonds is 11. The summed E-state index contributed by atoms with van der Waals surface area (Å²) < 4.78 is 2.51. The minimum Gasteiger partial charge on any atom is -0.341 e. The van der Waals surface area contributed by atoms with E-state index in [0.29, 0.717) is 5.92 Å². The fourth-order valence-corrected chi connectivity index (χ4v) is 9.77. The quantitative estimate of drug-likeness (QED) is 0.119. The molecule has 10 rings (SSSR count). The van der Waals surface area contributed by atoms with Gasteiger partial charge in [0.15, 0.2) is 0 Å². The number of nitrogens with zero attached hydrogens (tertiary/aromatic N) is 1. The summed E-state index contributed by atoms with van der Waals surface area (Å²) >= 11 is 0. The van der Waals surface area contributed by atoms with Crippen molar-refractivity contribution in [3.05, 3.63) is 178 Å². The molecule has 0 aliphatic heterocycles. The van der Waals surface area contributed by atoms with E-state index in [1.807, 2.05) is 0 Å². The molecule has 1 heteroatoms. The Bertz CT molecular complexity index is 2740. The Kier molecular flexibility index (Phi) is 8.05.